The summed E-state index contributed by atoms with van der Waals surface area (Å²) >= 11 is 1.94. The van der Waals surface area contributed by atoms with Crippen LogP contribution in [0.25, 0.3) is 0 Å². The highest BCUT2D eigenvalue weighted by Gasteiger charge is 2.19. The van der Waals surface area contributed by atoms with Crippen LogP contribution < -0.4 is 0 Å². The summed E-state index contributed by atoms with van der Waals surface area (Å²) < 4.78 is 13.6. The fourth-order valence-corrected chi connectivity index (χ4v) is 3.06. The van der Waals surface area contributed by atoms with Crippen molar-refractivity contribution in [1.82, 2.24) is 4.90 Å². The van der Waals surface area contributed by atoms with E-state index in [9.17, 15) is 4.39 Å². The van der Waals surface area contributed by atoms with Crippen molar-refractivity contribution in [3.8, 4) is 6.07 Å². The molecule has 0 saturated carbocycles. The summed E-state index contributed by atoms with van der Waals surface area (Å²) in [7, 11) is 0. The molecular formula is C13H15FN2S. The van der Waals surface area contributed by atoms with Gasteiger partial charge in [0, 0.05) is 36.2 Å². The normalized spacial score (nSPS) is 21.1. The van der Waals surface area contributed by atoms with Crippen LogP contribution in [0.4, 0.5) is 4.39 Å². The molecule has 1 fully saturated rings. The van der Waals surface area contributed by atoms with Crippen molar-refractivity contribution in [3.05, 3.63) is 35.1 Å². The first kappa shape index (κ1) is 12.4. The summed E-state index contributed by atoms with van der Waals surface area (Å²) in [6.45, 7) is 3.75. The second-order valence-corrected chi connectivity index (χ2v) is 5.46. The molecule has 4 heteroatoms. The maximum absolute atomic E-state index is 13.6. The third kappa shape index (κ3) is 2.99. The van der Waals surface area contributed by atoms with Crippen molar-refractivity contribution in [2.45, 2.75) is 19.5 Å². The van der Waals surface area contributed by atoms with Gasteiger partial charge in [-0.2, -0.15) is 17.0 Å². The minimum absolute atomic E-state index is 0.213. The Kier molecular flexibility index (Phi) is 4.03. The minimum atomic E-state index is -0.213. The van der Waals surface area contributed by atoms with Crippen LogP contribution in [0.3, 0.4) is 0 Å². The second-order valence-electron chi connectivity index (χ2n) is 4.31. The zero-order valence-electron chi connectivity index (χ0n) is 9.82. The van der Waals surface area contributed by atoms with Gasteiger partial charge in [-0.15, -0.1) is 0 Å². The Balaban J connectivity index is 2.14. The van der Waals surface area contributed by atoms with E-state index in [-0.39, 0.29) is 5.82 Å². The van der Waals surface area contributed by atoms with E-state index in [0.717, 1.165) is 18.1 Å². The molecule has 1 aliphatic heterocycles. The smallest absolute Gasteiger partial charge is 0.127 e. The summed E-state index contributed by atoms with van der Waals surface area (Å²) in [6.07, 6.45) is 0. The van der Waals surface area contributed by atoms with Crippen molar-refractivity contribution in [2.75, 3.05) is 18.1 Å². The van der Waals surface area contributed by atoms with Crippen molar-refractivity contribution >= 4 is 11.8 Å². The molecule has 1 aromatic rings. The van der Waals surface area contributed by atoms with Gasteiger partial charge in [0.1, 0.15) is 5.82 Å². The molecule has 0 aliphatic carbocycles. The zero-order valence-corrected chi connectivity index (χ0v) is 10.6. The lowest BCUT2D eigenvalue weighted by Crippen LogP contribution is -2.39. The van der Waals surface area contributed by atoms with Gasteiger partial charge in [-0.1, -0.05) is 0 Å². The molecule has 1 unspecified atom stereocenters. The number of nitrogens with zero attached hydrogens (tertiary/aromatic N) is 2. The topological polar surface area (TPSA) is 27.0 Å². The number of nitriles is 1. The number of benzene rings is 1. The van der Waals surface area contributed by atoms with Gasteiger partial charge in [0.15, 0.2) is 0 Å². The first-order chi connectivity index (χ1) is 8.20. The van der Waals surface area contributed by atoms with E-state index in [1.54, 1.807) is 6.07 Å². The Bertz CT molecular complexity index is 442. The summed E-state index contributed by atoms with van der Waals surface area (Å²) in [5, 5.41) is 8.82. The molecule has 0 spiro atoms. The third-order valence-corrected chi connectivity index (χ3v) is 4.24. The first-order valence-electron chi connectivity index (χ1n) is 5.71. The van der Waals surface area contributed by atoms with E-state index in [1.165, 1.54) is 12.1 Å². The molecule has 2 rings (SSSR count). The lowest BCUT2D eigenvalue weighted by Gasteiger charge is -2.33. The highest BCUT2D eigenvalue weighted by molar-refractivity contribution is 7.99. The van der Waals surface area contributed by atoms with Gasteiger partial charge in [0.25, 0.3) is 0 Å². The van der Waals surface area contributed by atoms with Crippen molar-refractivity contribution in [2.24, 2.45) is 0 Å². The van der Waals surface area contributed by atoms with Crippen molar-refractivity contribution in [1.29, 1.82) is 5.26 Å². The van der Waals surface area contributed by atoms with E-state index in [0.29, 0.717) is 23.7 Å². The largest absolute Gasteiger partial charge is 0.295 e. The first-order valence-corrected chi connectivity index (χ1v) is 6.86. The van der Waals surface area contributed by atoms with E-state index in [4.69, 9.17) is 5.26 Å². The quantitative estimate of drug-likeness (QED) is 0.807. The lowest BCUT2D eigenvalue weighted by atomic mass is 10.1. The summed E-state index contributed by atoms with van der Waals surface area (Å²) in [5.41, 5.74) is 1.16. The van der Waals surface area contributed by atoms with Crippen LogP contribution in [0.5, 0.6) is 0 Å². The molecule has 1 aromatic carbocycles. The van der Waals surface area contributed by atoms with E-state index >= 15 is 0 Å². The van der Waals surface area contributed by atoms with Crippen LogP contribution in [0.1, 0.15) is 18.1 Å². The van der Waals surface area contributed by atoms with Gasteiger partial charge in [-0.3, -0.25) is 4.90 Å². The van der Waals surface area contributed by atoms with Crippen LogP contribution in [0.2, 0.25) is 0 Å². The molecule has 0 aromatic heterocycles. The molecule has 90 valence electrons. The molecular weight excluding hydrogens is 235 g/mol. The van der Waals surface area contributed by atoms with E-state index in [2.05, 4.69) is 17.9 Å². The number of hydrogen-bond donors (Lipinski definition) is 0. The number of hydrogen-bond acceptors (Lipinski definition) is 3. The lowest BCUT2D eigenvalue weighted by molar-refractivity contribution is 0.221. The monoisotopic (exact) mass is 250 g/mol. The summed E-state index contributed by atoms with van der Waals surface area (Å²) in [5.74, 6) is 1.98. The average Bonchev–Trinajstić information content (AvgIpc) is 2.35. The van der Waals surface area contributed by atoms with Gasteiger partial charge < -0.3 is 0 Å². The van der Waals surface area contributed by atoms with Crippen molar-refractivity contribution < 1.29 is 4.39 Å². The Morgan fingerprint density at radius 3 is 3.12 bits per heavy atom. The van der Waals surface area contributed by atoms with Crippen molar-refractivity contribution in [3.63, 3.8) is 0 Å². The van der Waals surface area contributed by atoms with Gasteiger partial charge in [-0.05, 0) is 25.1 Å². The number of halogens is 1. The Labute approximate surface area is 105 Å². The average molecular weight is 250 g/mol. The maximum atomic E-state index is 13.6. The van der Waals surface area contributed by atoms with Crippen LogP contribution in [0, 0.1) is 17.1 Å². The molecule has 2 nitrogen and oxygen atoms in total. The minimum Gasteiger partial charge on any atom is -0.295 e. The molecule has 17 heavy (non-hydrogen) atoms. The maximum Gasteiger partial charge on any atom is 0.127 e. The second kappa shape index (κ2) is 5.52. The molecule has 1 aliphatic rings. The Morgan fingerprint density at radius 1 is 1.59 bits per heavy atom. The molecule has 0 amide bonds. The standard InChI is InChI=1S/C13H15FN2S/c1-10-9-17-5-4-16(10)8-12-6-11(7-15)2-3-13(12)14/h2-3,6,10H,4-5,8-9H2,1H3. The van der Waals surface area contributed by atoms with Gasteiger partial charge in [0.05, 0.1) is 11.6 Å². The van der Waals surface area contributed by atoms with Crippen LogP contribution in [0.15, 0.2) is 18.2 Å². The predicted octanol–water partition coefficient (Wildman–Crippen LogP) is 2.63. The fraction of sp³-hybridized carbons (Fsp3) is 0.462. The van der Waals surface area contributed by atoms with Gasteiger partial charge in [0.2, 0.25) is 0 Å². The Hall–Kier alpha value is -1.05. The summed E-state index contributed by atoms with van der Waals surface area (Å²) in [6, 6.07) is 7.09. The highest BCUT2D eigenvalue weighted by Crippen LogP contribution is 2.20. The number of rotatable bonds is 2. The molecule has 1 atom stereocenters. The van der Waals surface area contributed by atoms with Gasteiger partial charge in [-0.25, -0.2) is 4.39 Å². The van der Waals surface area contributed by atoms with E-state index in [1.807, 2.05) is 11.8 Å². The molecule has 0 radical (unpaired) electrons. The van der Waals surface area contributed by atoms with Crippen LogP contribution in [-0.4, -0.2) is 29.0 Å². The third-order valence-electron chi connectivity index (χ3n) is 3.05. The van der Waals surface area contributed by atoms with Crippen LogP contribution in [-0.2, 0) is 6.54 Å². The van der Waals surface area contributed by atoms with Crippen LogP contribution >= 0.6 is 11.8 Å². The Morgan fingerprint density at radius 2 is 2.41 bits per heavy atom. The highest BCUT2D eigenvalue weighted by atomic mass is 32.2. The zero-order chi connectivity index (χ0) is 12.3. The fourth-order valence-electron chi connectivity index (χ4n) is 1.98. The molecule has 1 saturated heterocycles. The van der Waals surface area contributed by atoms with Gasteiger partial charge >= 0.3 is 0 Å². The molecule has 0 bridgehead atoms. The molecule has 1 heterocycles. The number of thioether (sulfide) groups is 1. The predicted molar refractivity (Wildman–Crippen MR) is 68.3 cm³/mol. The molecule has 0 N–H and O–H groups in total. The van der Waals surface area contributed by atoms with E-state index < -0.39 is 0 Å². The SMILES string of the molecule is CC1CSCCN1Cc1cc(C#N)ccc1F. The summed E-state index contributed by atoms with van der Waals surface area (Å²) in [4.78, 5) is 2.27.